The van der Waals surface area contributed by atoms with Gasteiger partial charge in [0.2, 0.25) is 5.91 Å². The zero-order chi connectivity index (χ0) is 18.4. The van der Waals surface area contributed by atoms with Gasteiger partial charge in [-0.2, -0.15) is 0 Å². The maximum atomic E-state index is 12.4. The molecule has 2 rings (SSSR count). The Labute approximate surface area is 156 Å². The second-order valence-electron chi connectivity index (χ2n) is 5.13. The number of nitrogens with one attached hydrogen (secondary N) is 2. The van der Waals surface area contributed by atoms with E-state index in [0.29, 0.717) is 45.8 Å². The molecule has 25 heavy (non-hydrogen) atoms. The molecular weight excluding hydrogens is 363 g/mol. The van der Waals surface area contributed by atoms with Crippen LogP contribution in [0.5, 0.6) is 5.75 Å². The molecule has 132 valence electrons. The lowest BCUT2D eigenvalue weighted by atomic mass is 10.2. The molecule has 0 bridgehead atoms. The number of carbonyl (C=O) groups is 2. The van der Waals surface area contributed by atoms with Gasteiger partial charge in [-0.05, 0) is 43.3 Å². The molecule has 2 aromatic carbocycles. The molecule has 2 aromatic rings. The Morgan fingerprint density at radius 2 is 1.76 bits per heavy atom. The van der Waals surface area contributed by atoms with Crippen molar-refractivity contribution in [1.29, 1.82) is 0 Å². The number of carbonyl (C=O) groups excluding carboxylic acids is 2. The third kappa shape index (κ3) is 5.11. The molecule has 2 N–H and O–H groups in total. The average molecular weight is 381 g/mol. The van der Waals surface area contributed by atoms with Crippen molar-refractivity contribution in [1.82, 2.24) is 0 Å². The van der Waals surface area contributed by atoms with Gasteiger partial charge in [0, 0.05) is 17.7 Å². The molecule has 0 aromatic heterocycles. The minimum atomic E-state index is -0.370. The molecule has 0 aliphatic carbocycles. The highest BCUT2D eigenvalue weighted by molar-refractivity contribution is 6.34. The molecule has 0 saturated heterocycles. The van der Waals surface area contributed by atoms with Gasteiger partial charge in [0.25, 0.3) is 5.91 Å². The van der Waals surface area contributed by atoms with Gasteiger partial charge in [0.1, 0.15) is 5.75 Å². The number of ether oxygens (including phenoxy) is 1. The van der Waals surface area contributed by atoms with Gasteiger partial charge in [-0.3, -0.25) is 9.59 Å². The fourth-order valence-corrected chi connectivity index (χ4v) is 2.46. The van der Waals surface area contributed by atoms with Crippen LogP contribution in [0.25, 0.3) is 0 Å². The highest BCUT2D eigenvalue weighted by Crippen LogP contribution is 2.28. The molecule has 7 heteroatoms. The van der Waals surface area contributed by atoms with E-state index in [0.717, 1.165) is 0 Å². The van der Waals surface area contributed by atoms with Gasteiger partial charge >= 0.3 is 0 Å². The van der Waals surface area contributed by atoms with Crippen LogP contribution in [0.1, 0.15) is 30.6 Å². The molecule has 0 unspecified atom stereocenters. The van der Waals surface area contributed by atoms with Crippen LogP contribution >= 0.6 is 23.2 Å². The first-order chi connectivity index (χ1) is 11.9. The summed E-state index contributed by atoms with van der Waals surface area (Å²) in [6.07, 6.45) is 0.356. The highest BCUT2D eigenvalue weighted by atomic mass is 35.5. The molecule has 0 aliphatic heterocycles. The number of benzene rings is 2. The lowest BCUT2D eigenvalue weighted by Crippen LogP contribution is -2.13. The summed E-state index contributed by atoms with van der Waals surface area (Å²) in [6, 6.07) is 9.65. The summed E-state index contributed by atoms with van der Waals surface area (Å²) in [7, 11) is 0. The summed E-state index contributed by atoms with van der Waals surface area (Å²) in [4.78, 5) is 23.9. The molecule has 0 radical (unpaired) electrons. The summed E-state index contributed by atoms with van der Waals surface area (Å²) < 4.78 is 5.35. The van der Waals surface area contributed by atoms with E-state index >= 15 is 0 Å². The number of hydrogen-bond acceptors (Lipinski definition) is 3. The van der Waals surface area contributed by atoms with Gasteiger partial charge in [-0.1, -0.05) is 30.1 Å². The van der Waals surface area contributed by atoms with Crippen molar-refractivity contribution < 1.29 is 14.3 Å². The average Bonchev–Trinajstić information content (AvgIpc) is 2.59. The molecule has 2 amide bonds. The van der Waals surface area contributed by atoms with E-state index < -0.39 is 0 Å². The van der Waals surface area contributed by atoms with Crippen LogP contribution < -0.4 is 15.4 Å². The van der Waals surface area contributed by atoms with Gasteiger partial charge < -0.3 is 15.4 Å². The van der Waals surface area contributed by atoms with E-state index in [1.54, 1.807) is 37.3 Å². The van der Waals surface area contributed by atoms with Crippen LogP contribution in [-0.2, 0) is 4.79 Å². The maximum absolute atomic E-state index is 12.4. The second kappa shape index (κ2) is 8.74. The molecule has 0 fully saturated rings. The molecule has 0 aliphatic rings. The zero-order valence-electron chi connectivity index (χ0n) is 13.9. The summed E-state index contributed by atoms with van der Waals surface area (Å²) in [5.41, 5.74) is 1.31. The summed E-state index contributed by atoms with van der Waals surface area (Å²) in [5.74, 6) is 0.0201. The van der Waals surface area contributed by atoms with Gasteiger partial charge in [-0.15, -0.1) is 0 Å². The Bertz CT molecular complexity index is 794. The maximum Gasteiger partial charge on any atom is 0.255 e. The third-order valence-corrected chi connectivity index (χ3v) is 3.94. The number of rotatable bonds is 6. The van der Waals surface area contributed by atoms with Gasteiger partial charge in [0.15, 0.2) is 0 Å². The van der Waals surface area contributed by atoms with Crippen LogP contribution in [0, 0.1) is 0 Å². The minimum Gasteiger partial charge on any atom is -0.492 e. The molecule has 5 nitrogen and oxygen atoms in total. The van der Waals surface area contributed by atoms with Crippen molar-refractivity contribution >= 4 is 46.4 Å². The van der Waals surface area contributed by atoms with Crippen LogP contribution in [0.4, 0.5) is 11.4 Å². The van der Waals surface area contributed by atoms with Crippen LogP contribution in [-0.4, -0.2) is 18.4 Å². The SMILES string of the molecule is CCOc1ccc(C(=O)Nc2cc(NC(=O)CC)ccc2Cl)cc1Cl. The van der Waals surface area contributed by atoms with E-state index in [9.17, 15) is 9.59 Å². The Hall–Kier alpha value is -2.24. The minimum absolute atomic E-state index is 0.127. The predicted octanol–water partition coefficient (Wildman–Crippen LogP) is 4.99. The highest BCUT2D eigenvalue weighted by Gasteiger charge is 2.12. The first kappa shape index (κ1) is 19.1. The Morgan fingerprint density at radius 3 is 2.40 bits per heavy atom. The predicted molar refractivity (Wildman–Crippen MR) is 101 cm³/mol. The first-order valence-electron chi connectivity index (χ1n) is 7.77. The lowest BCUT2D eigenvalue weighted by Gasteiger charge is -2.11. The van der Waals surface area contributed by atoms with E-state index in [1.807, 2.05) is 6.92 Å². The molecule has 0 atom stereocenters. The van der Waals surface area contributed by atoms with Crippen molar-refractivity contribution in [3.05, 3.63) is 52.0 Å². The van der Waals surface area contributed by atoms with Gasteiger partial charge in [0.05, 0.1) is 22.3 Å². The van der Waals surface area contributed by atoms with E-state index in [-0.39, 0.29) is 11.8 Å². The van der Waals surface area contributed by atoms with Crippen LogP contribution in [0.15, 0.2) is 36.4 Å². The first-order valence-corrected chi connectivity index (χ1v) is 8.53. The standard InChI is InChI=1S/C18H18Cl2N2O3/c1-3-17(23)21-12-6-7-13(19)15(10-12)22-18(24)11-5-8-16(25-4-2)14(20)9-11/h5-10H,3-4H2,1-2H3,(H,21,23)(H,22,24). The second-order valence-corrected chi connectivity index (χ2v) is 5.94. The molecular formula is C18H18Cl2N2O3. The van der Waals surface area contributed by atoms with Crippen molar-refractivity contribution in [2.75, 3.05) is 17.2 Å². The number of anilines is 2. The van der Waals surface area contributed by atoms with Crippen molar-refractivity contribution in [2.24, 2.45) is 0 Å². The fraction of sp³-hybridized carbons (Fsp3) is 0.222. The van der Waals surface area contributed by atoms with E-state index in [1.165, 1.54) is 6.07 Å². The lowest BCUT2D eigenvalue weighted by molar-refractivity contribution is -0.115. The Kier molecular flexibility index (Phi) is 6.67. The van der Waals surface area contributed by atoms with Crippen molar-refractivity contribution in [2.45, 2.75) is 20.3 Å². The summed E-state index contributed by atoms with van der Waals surface area (Å²) in [6.45, 7) is 4.09. The topological polar surface area (TPSA) is 67.4 Å². The number of amides is 2. The molecule has 0 spiro atoms. The zero-order valence-corrected chi connectivity index (χ0v) is 15.4. The monoisotopic (exact) mass is 380 g/mol. The van der Waals surface area contributed by atoms with Crippen LogP contribution in [0.2, 0.25) is 10.0 Å². The van der Waals surface area contributed by atoms with E-state index in [2.05, 4.69) is 10.6 Å². The molecule has 0 heterocycles. The Morgan fingerprint density at radius 1 is 1.00 bits per heavy atom. The summed E-state index contributed by atoms with van der Waals surface area (Å²) in [5, 5.41) is 6.14. The smallest absolute Gasteiger partial charge is 0.255 e. The Balaban J connectivity index is 2.18. The quantitative estimate of drug-likeness (QED) is 0.741. The normalized spacial score (nSPS) is 10.2. The number of halogens is 2. The number of hydrogen-bond donors (Lipinski definition) is 2. The van der Waals surface area contributed by atoms with Gasteiger partial charge in [-0.25, -0.2) is 0 Å². The third-order valence-electron chi connectivity index (χ3n) is 3.31. The summed E-state index contributed by atoms with van der Waals surface area (Å²) >= 11 is 12.2. The van der Waals surface area contributed by atoms with Crippen molar-refractivity contribution in [3.8, 4) is 5.75 Å². The van der Waals surface area contributed by atoms with Crippen molar-refractivity contribution in [3.63, 3.8) is 0 Å². The largest absolute Gasteiger partial charge is 0.492 e. The molecule has 0 saturated carbocycles. The fourth-order valence-electron chi connectivity index (χ4n) is 2.06. The van der Waals surface area contributed by atoms with E-state index in [4.69, 9.17) is 27.9 Å². The van der Waals surface area contributed by atoms with Crippen LogP contribution in [0.3, 0.4) is 0 Å².